The van der Waals surface area contributed by atoms with Crippen LogP contribution in [0.25, 0.3) is 0 Å². The average molecular weight is 613 g/mol. The summed E-state index contributed by atoms with van der Waals surface area (Å²) in [5, 5.41) is 51.5. The summed E-state index contributed by atoms with van der Waals surface area (Å²) in [6.45, 7) is 3.64. The number of aliphatic hydroxyl groups excluding tert-OH is 4. The van der Waals surface area contributed by atoms with E-state index in [1.54, 1.807) is 0 Å². The Morgan fingerprint density at radius 1 is 0.698 bits per heavy atom. The Morgan fingerprint density at radius 2 is 1.12 bits per heavy atom. The minimum Gasteiger partial charge on any atom is -0.426 e. The van der Waals surface area contributed by atoms with Gasteiger partial charge in [0, 0.05) is 18.9 Å². The highest BCUT2D eigenvalue weighted by Crippen LogP contribution is 2.29. The Hall–Kier alpha value is -1.03. The number of carbonyl (C=O) groups is 1. The van der Waals surface area contributed by atoms with Crippen molar-refractivity contribution in [1.29, 1.82) is 0 Å². The maximum absolute atomic E-state index is 11.7. The maximum Gasteiger partial charge on any atom is 0.336 e. The molecule has 2 aliphatic heterocycles. The lowest BCUT2D eigenvalue weighted by Crippen LogP contribution is -2.31. The van der Waals surface area contributed by atoms with Crippen LogP contribution in [-0.4, -0.2) is 73.9 Å². The topological polar surface area (TPSA) is 137 Å². The second kappa shape index (κ2) is 21.7. The summed E-state index contributed by atoms with van der Waals surface area (Å²) in [5.74, 6) is -2.16. The molecule has 252 valence electrons. The minimum atomic E-state index is -1.58. The lowest BCUT2D eigenvalue weighted by molar-refractivity contribution is -0.173. The number of unbranched alkanes of at least 4 members (excludes halogenated alkanes) is 12. The lowest BCUT2D eigenvalue weighted by atomic mass is 9.99. The maximum atomic E-state index is 11.7. The van der Waals surface area contributed by atoms with Gasteiger partial charge in [-0.25, -0.2) is 4.79 Å². The van der Waals surface area contributed by atoms with E-state index in [2.05, 4.69) is 6.92 Å². The van der Waals surface area contributed by atoms with Crippen molar-refractivity contribution in [2.24, 2.45) is 0 Å². The van der Waals surface area contributed by atoms with Gasteiger partial charge in [0.2, 0.25) is 5.79 Å². The van der Waals surface area contributed by atoms with Crippen molar-refractivity contribution < 1.29 is 39.8 Å². The fourth-order valence-electron chi connectivity index (χ4n) is 6.45. The van der Waals surface area contributed by atoms with Crippen molar-refractivity contribution >= 4 is 5.97 Å². The Bertz CT molecular complexity index is 769. The summed E-state index contributed by atoms with van der Waals surface area (Å²) in [5.41, 5.74) is 0.314. The molecule has 0 aromatic carbocycles. The zero-order valence-electron chi connectivity index (χ0n) is 27.3. The number of esters is 1. The molecule has 5 N–H and O–H groups in total. The van der Waals surface area contributed by atoms with Gasteiger partial charge in [0.05, 0.1) is 36.6 Å². The van der Waals surface area contributed by atoms with Crippen molar-refractivity contribution in [3.8, 4) is 0 Å². The fraction of sp³-hybridized carbons (Fsp3) is 0.914. The molecule has 0 aromatic rings. The summed E-state index contributed by atoms with van der Waals surface area (Å²) < 4.78 is 10.9. The van der Waals surface area contributed by atoms with Crippen LogP contribution in [0, 0.1) is 0 Å². The first kappa shape index (κ1) is 38.2. The first-order valence-corrected chi connectivity index (χ1v) is 17.7. The van der Waals surface area contributed by atoms with Crippen molar-refractivity contribution in [3.05, 3.63) is 11.6 Å². The third kappa shape index (κ3) is 16.7. The van der Waals surface area contributed by atoms with Crippen LogP contribution in [-0.2, 0) is 14.3 Å². The molecule has 0 amide bonds. The van der Waals surface area contributed by atoms with Crippen LogP contribution in [0.2, 0.25) is 0 Å². The summed E-state index contributed by atoms with van der Waals surface area (Å²) in [6.07, 6.45) is 21.3. The number of carbonyl (C=O) groups excluding carboxylic acids is 1. The monoisotopic (exact) mass is 612 g/mol. The van der Waals surface area contributed by atoms with Crippen LogP contribution in [0.4, 0.5) is 0 Å². The lowest BCUT2D eigenvalue weighted by Gasteiger charge is -2.22. The molecule has 7 atom stereocenters. The van der Waals surface area contributed by atoms with E-state index in [9.17, 15) is 30.3 Å². The highest BCUT2D eigenvalue weighted by Gasteiger charge is 2.35. The van der Waals surface area contributed by atoms with Gasteiger partial charge in [0.25, 0.3) is 0 Å². The second-order valence-electron chi connectivity index (χ2n) is 13.4. The van der Waals surface area contributed by atoms with Crippen molar-refractivity contribution in [1.82, 2.24) is 0 Å². The molecular weight excluding hydrogens is 548 g/mol. The number of ether oxygens (including phenoxy) is 2. The largest absolute Gasteiger partial charge is 0.426 e. The van der Waals surface area contributed by atoms with Crippen LogP contribution in [0.1, 0.15) is 162 Å². The van der Waals surface area contributed by atoms with Gasteiger partial charge in [0.1, 0.15) is 0 Å². The van der Waals surface area contributed by atoms with E-state index in [1.807, 2.05) is 0 Å². The standard InChI is InChI=1S/C35H64O8/c1-3-4-5-6-7-8-9-10-11-15-21-30(38)32-23-24-33(42-32)31(39)22-17-16-19-28(36)18-13-12-14-20-29(37)25-27-26-35(2,41)43-34(27)40/h26,28-33,36-39,41H,3-25H2,1-2H3/t28?,29-,30+,31+,32+,33+,35?/m0/s1. The quantitative estimate of drug-likeness (QED) is 0.0561. The summed E-state index contributed by atoms with van der Waals surface area (Å²) >= 11 is 0. The molecule has 0 aliphatic carbocycles. The van der Waals surface area contributed by atoms with E-state index in [4.69, 9.17) is 9.47 Å². The van der Waals surface area contributed by atoms with Crippen LogP contribution in [0.5, 0.6) is 0 Å². The molecule has 1 saturated heterocycles. The zero-order valence-corrected chi connectivity index (χ0v) is 27.3. The third-order valence-electron chi connectivity index (χ3n) is 9.12. The Morgan fingerprint density at radius 3 is 1.63 bits per heavy atom. The summed E-state index contributed by atoms with van der Waals surface area (Å²) in [6, 6.07) is 0. The van der Waals surface area contributed by atoms with Gasteiger partial charge in [-0.2, -0.15) is 0 Å². The zero-order chi connectivity index (χ0) is 31.5. The Labute approximate surface area is 261 Å². The van der Waals surface area contributed by atoms with Crippen LogP contribution in [0.3, 0.4) is 0 Å². The van der Waals surface area contributed by atoms with Gasteiger partial charge in [-0.05, 0) is 51.0 Å². The first-order chi connectivity index (χ1) is 20.6. The van der Waals surface area contributed by atoms with E-state index in [0.717, 1.165) is 57.8 Å². The molecule has 0 spiro atoms. The number of aliphatic hydroxyl groups is 5. The van der Waals surface area contributed by atoms with Crippen molar-refractivity contribution in [3.63, 3.8) is 0 Å². The Kier molecular flexibility index (Phi) is 19.2. The molecule has 0 aromatic heterocycles. The van der Waals surface area contributed by atoms with Crippen molar-refractivity contribution in [2.75, 3.05) is 0 Å². The van der Waals surface area contributed by atoms with E-state index in [0.29, 0.717) is 31.3 Å². The molecule has 0 radical (unpaired) electrons. The smallest absolute Gasteiger partial charge is 0.336 e. The molecule has 0 saturated carbocycles. The van der Waals surface area contributed by atoms with E-state index in [-0.39, 0.29) is 24.7 Å². The molecule has 0 bridgehead atoms. The summed E-state index contributed by atoms with van der Waals surface area (Å²) in [4.78, 5) is 11.7. The minimum absolute atomic E-state index is 0.159. The molecule has 1 fully saturated rings. The van der Waals surface area contributed by atoms with Gasteiger partial charge in [0.15, 0.2) is 0 Å². The number of cyclic esters (lactones) is 1. The first-order valence-electron chi connectivity index (χ1n) is 17.7. The normalized spacial score (nSPS) is 25.0. The molecule has 8 heteroatoms. The van der Waals surface area contributed by atoms with Gasteiger partial charge < -0.3 is 35.0 Å². The van der Waals surface area contributed by atoms with E-state index < -0.39 is 30.1 Å². The van der Waals surface area contributed by atoms with Crippen LogP contribution in [0.15, 0.2) is 11.6 Å². The average Bonchev–Trinajstić information content (AvgIpc) is 3.55. The predicted molar refractivity (Wildman–Crippen MR) is 169 cm³/mol. The molecular formula is C35H64O8. The predicted octanol–water partition coefficient (Wildman–Crippen LogP) is 6.38. The van der Waals surface area contributed by atoms with E-state index in [1.165, 1.54) is 70.8 Å². The Balaban J connectivity index is 1.42. The van der Waals surface area contributed by atoms with Crippen LogP contribution < -0.4 is 0 Å². The fourth-order valence-corrected chi connectivity index (χ4v) is 6.45. The number of hydrogen-bond acceptors (Lipinski definition) is 8. The van der Waals surface area contributed by atoms with Gasteiger partial charge >= 0.3 is 5.97 Å². The molecule has 2 heterocycles. The van der Waals surface area contributed by atoms with E-state index >= 15 is 0 Å². The molecule has 43 heavy (non-hydrogen) atoms. The van der Waals surface area contributed by atoms with Gasteiger partial charge in [-0.3, -0.25) is 0 Å². The SMILES string of the molecule is CCCCCCCCCCCC[C@@H](O)[C@H]1CC[C@H]([C@H](O)CCCCC(O)CCCCC[C@H](O)CC2=CC(C)(O)OC2=O)O1. The molecule has 2 aliphatic rings. The van der Waals surface area contributed by atoms with Gasteiger partial charge in [-0.1, -0.05) is 103 Å². The summed E-state index contributed by atoms with van der Waals surface area (Å²) in [7, 11) is 0. The van der Waals surface area contributed by atoms with Crippen LogP contribution >= 0.6 is 0 Å². The molecule has 2 unspecified atom stereocenters. The highest BCUT2D eigenvalue weighted by atomic mass is 16.7. The molecule has 8 nitrogen and oxygen atoms in total. The molecule has 2 rings (SSSR count). The number of hydrogen-bond donors (Lipinski definition) is 5. The highest BCUT2D eigenvalue weighted by molar-refractivity contribution is 5.91. The van der Waals surface area contributed by atoms with Gasteiger partial charge in [-0.15, -0.1) is 0 Å². The third-order valence-corrected chi connectivity index (χ3v) is 9.12. The van der Waals surface area contributed by atoms with Crippen molar-refractivity contribution in [2.45, 2.75) is 204 Å². The second-order valence-corrected chi connectivity index (χ2v) is 13.4. The number of rotatable bonds is 26.